The van der Waals surface area contributed by atoms with Crippen LogP contribution in [0.5, 0.6) is 0 Å². The van der Waals surface area contributed by atoms with Crippen LogP contribution in [-0.4, -0.2) is 7.11 Å². The van der Waals surface area contributed by atoms with E-state index in [9.17, 15) is 0 Å². The van der Waals surface area contributed by atoms with Crippen molar-refractivity contribution in [1.29, 1.82) is 0 Å². The van der Waals surface area contributed by atoms with Crippen LogP contribution in [0.1, 0.15) is 20.9 Å². The van der Waals surface area contributed by atoms with E-state index in [1.54, 1.807) is 7.11 Å². The smallest absolute Gasteiger partial charge is 0.0733 e. The molecule has 1 N–H and O–H groups in total. The number of nitrogens with one attached hydrogen (secondary N) is 1. The fourth-order valence-electron chi connectivity index (χ4n) is 2.02. The van der Waals surface area contributed by atoms with Crippen LogP contribution in [0.3, 0.4) is 0 Å². The summed E-state index contributed by atoms with van der Waals surface area (Å²) in [5, 5.41) is 3.50. The van der Waals surface area contributed by atoms with E-state index < -0.39 is 0 Å². The van der Waals surface area contributed by atoms with Gasteiger partial charge in [-0.3, -0.25) is 0 Å². The van der Waals surface area contributed by atoms with Crippen molar-refractivity contribution >= 4 is 17.0 Å². The molecule has 0 aliphatic heterocycles. The van der Waals surface area contributed by atoms with E-state index in [0.29, 0.717) is 6.61 Å². The predicted octanol–water partition coefficient (Wildman–Crippen LogP) is 4.12. The molecule has 0 saturated carbocycles. The highest BCUT2D eigenvalue weighted by Gasteiger charge is 2.04. The maximum Gasteiger partial charge on any atom is 0.0733 e. The molecule has 2 nitrogen and oxygen atoms in total. The normalized spacial score (nSPS) is 10.6. The average molecular weight is 261 g/mol. The first-order chi connectivity index (χ1) is 8.70. The molecule has 0 amide bonds. The van der Waals surface area contributed by atoms with Gasteiger partial charge >= 0.3 is 0 Å². The molecule has 0 aliphatic carbocycles. The number of rotatable bonds is 5. The lowest BCUT2D eigenvalue weighted by atomic mass is 10.1. The van der Waals surface area contributed by atoms with Crippen molar-refractivity contribution in [3.63, 3.8) is 0 Å². The van der Waals surface area contributed by atoms with E-state index in [1.165, 1.54) is 20.9 Å². The highest BCUT2D eigenvalue weighted by molar-refractivity contribution is 7.12. The van der Waals surface area contributed by atoms with Crippen LogP contribution in [0.2, 0.25) is 0 Å². The molecule has 0 saturated heterocycles. The Morgan fingerprint density at radius 3 is 2.61 bits per heavy atom. The van der Waals surface area contributed by atoms with Crippen LogP contribution in [0.15, 0.2) is 30.3 Å². The number of anilines is 1. The highest BCUT2D eigenvalue weighted by atomic mass is 32.1. The third-order valence-electron chi connectivity index (χ3n) is 2.93. The summed E-state index contributed by atoms with van der Waals surface area (Å²) in [6, 6.07) is 10.5. The Morgan fingerprint density at radius 2 is 1.94 bits per heavy atom. The zero-order chi connectivity index (χ0) is 13.0. The van der Waals surface area contributed by atoms with E-state index >= 15 is 0 Å². The second-order valence-corrected chi connectivity index (χ2v) is 5.84. The van der Waals surface area contributed by atoms with Gasteiger partial charge in [-0.2, -0.15) is 0 Å². The van der Waals surface area contributed by atoms with E-state index in [4.69, 9.17) is 4.74 Å². The maximum atomic E-state index is 5.21. The number of hydrogen-bond donors (Lipinski definition) is 1. The largest absolute Gasteiger partial charge is 0.381 e. The maximum absolute atomic E-state index is 5.21. The molecule has 96 valence electrons. The molecule has 1 aromatic heterocycles. The minimum atomic E-state index is 0.644. The van der Waals surface area contributed by atoms with Gasteiger partial charge in [-0.1, -0.05) is 18.2 Å². The summed E-state index contributed by atoms with van der Waals surface area (Å²) in [6.45, 7) is 5.84. The first-order valence-electron chi connectivity index (χ1n) is 6.07. The summed E-state index contributed by atoms with van der Waals surface area (Å²) in [6.07, 6.45) is 0. The summed E-state index contributed by atoms with van der Waals surface area (Å²) >= 11 is 1.85. The van der Waals surface area contributed by atoms with Gasteiger partial charge in [0.1, 0.15) is 0 Å². The quantitative estimate of drug-likeness (QED) is 0.874. The van der Waals surface area contributed by atoms with Crippen molar-refractivity contribution in [1.82, 2.24) is 0 Å². The van der Waals surface area contributed by atoms with Gasteiger partial charge in [0.05, 0.1) is 6.61 Å². The number of para-hydroxylation sites is 1. The molecule has 0 bridgehead atoms. The fourth-order valence-corrected chi connectivity index (χ4v) is 2.97. The summed E-state index contributed by atoms with van der Waals surface area (Å²) in [5.74, 6) is 0. The third kappa shape index (κ3) is 3.12. The Morgan fingerprint density at radius 1 is 1.17 bits per heavy atom. The van der Waals surface area contributed by atoms with E-state index in [2.05, 4.69) is 37.4 Å². The van der Waals surface area contributed by atoms with E-state index in [0.717, 1.165) is 12.2 Å². The molecule has 0 radical (unpaired) electrons. The molecule has 0 aliphatic rings. The monoisotopic (exact) mass is 261 g/mol. The van der Waals surface area contributed by atoms with Crippen molar-refractivity contribution in [3.8, 4) is 0 Å². The number of ether oxygens (including phenoxy) is 1. The lowest BCUT2D eigenvalue weighted by Crippen LogP contribution is -2.03. The molecule has 0 spiro atoms. The van der Waals surface area contributed by atoms with Crippen LogP contribution in [0.4, 0.5) is 5.69 Å². The Labute approximate surface area is 113 Å². The fraction of sp³-hybridized carbons (Fsp3) is 0.333. The van der Waals surface area contributed by atoms with Gasteiger partial charge in [0.15, 0.2) is 0 Å². The van der Waals surface area contributed by atoms with E-state index in [-0.39, 0.29) is 0 Å². The number of hydrogen-bond acceptors (Lipinski definition) is 3. The van der Waals surface area contributed by atoms with Crippen molar-refractivity contribution in [2.75, 3.05) is 12.4 Å². The van der Waals surface area contributed by atoms with Gasteiger partial charge in [-0.25, -0.2) is 0 Å². The van der Waals surface area contributed by atoms with Gasteiger partial charge in [0.2, 0.25) is 0 Å². The molecular weight excluding hydrogens is 242 g/mol. The van der Waals surface area contributed by atoms with Crippen molar-refractivity contribution in [2.24, 2.45) is 0 Å². The molecule has 0 unspecified atom stereocenters. The lowest BCUT2D eigenvalue weighted by molar-refractivity contribution is 0.185. The molecule has 0 atom stereocenters. The Balaban J connectivity index is 2.08. The Kier molecular flexibility index (Phi) is 4.39. The van der Waals surface area contributed by atoms with Crippen LogP contribution in [0.25, 0.3) is 0 Å². The first-order valence-corrected chi connectivity index (χ1v) is 6.89. The number of aryl methyl sites for hydroxylation is 2. The van der Waals surface area contributed by atoms with Gasteiger partial charge < -0.3 is 10.1 Å². The minimum absolute atomic E-state index is 0.644. The third-order valence-corrected chi connectivity index (χ3v) is 3.94. The van der Waals surface area contributed by atoms with Crippen LogP contribution in [0, 0.1) is 13.8 Å². The lowest BCUT2D eigenvalue weighted by Gasteiger charge is -2.11. The average Bonchev–Trinajstić information content (AvgIpc) is 2.67. The first kappa shape index (κ1) is 13.1. The second kappa shape index (κ2) is 6.03. The second-order valence-electron chi connectivity index (χ2n) is 4.38. The zero-order valence-electron chi connectivity index (χ0n) is 11.1. The summed E-state index contributed by atoms with van der Waals surface area (Å²) in [5.41, 5.74) is 3.73. The van der Waals surface area contributed by atoms with Crippen LogP contribution in [-0.2, 0) is 17.9 Å². The minimum Gasteiger partial charge on any atom is -0.381 e. The standard InChI is InChI=1S/C15H19NOS/c1-11-8-14(12(2)18-11)9-16-15-7-5-4-6-13(15)10-17-3/h4-8,16H,9-10H2,1-3H3. The molecule has 2 aromatic rings. The Hall–Kier alpha value is -1.32. The van der Waals surface area contributed by atoms with Crippen molar-refractivity contribution in [3.05, 3.63) is 51.2 Å². The van der Waals surface area contributed by atoms with Gasteiger partial charge in [-0.15, -0.1) is 11.3 Å². The summed E-state index contributed by atoms with van der Waals surface area (Å²) in [4.78, 5) is 2.76. The van der Waals surface area contributed by atoms with Crippen LogP contribution >= 0.6 is 11.3 Å². The van der Waals surface area contributed by atoms with Crippen molar-refractivity contribution in [2.45, 2.75) is 27.0 Å². The SMILES string of the molecule is COCc1ccccc1NCc1cc(C)sc1C. The molecule has 1 aromatic carbocycles. The molecule has 3 heteroatoms. The van der Waals surface area contributed by atoms with Crippen LogP contribution < -0.4 is 5.32 Å². The zero-order valence-corrected chi connectivity index (χ0v) is 11.9. The molecule has 2 rings (SSSR count). The number of benzene rings is 1. The van der Waals surface area contributed by atoms with Gasteiger partial charge in [-0.05, 0) is 31.5 Å². The van der Waals surface area contributed by atoms with Gasteiger partial charge in [0.25, 0.3) is 0 Å². The predicted molar refractivity (Wildman–Crippen MR) is 78.3 cm³/mol. The molecular formula is C15H19NOS. The van der Waals surface area contributed by atoms with E-state index in [1.807, 2.05) is 23.5 Å². The summed E-state index contributed by atoms with van der Waals surface area (Å²) in [7, 11) is 1.73. The van der Waals surface area contributed by atoms with Gasteiger partial charge in [0, 0.05) is 34.7 Å². The number of thiophene rings is 1. The summed E-state index contributed by atoms with van der Waals surface area (Å²) < 4.78 is 5.21. The molecule has 1 heterocycles. The molecule has 18 heavy (non-hydrogen) atoms. The number of methoxy groups -OCH3 is 1. The Bertz CT molecular complexity index is 519. The highest BCUT2D eigenvalue weighted by Crippen LogP contribution is 2.23. The topological polar surface area (TPSA) is 21.3 Å². The molecule has 0 fully saturated rings. The van der Waals surface area contributed by atoms with Crippen molar-refractivity contribution < 1.29 is 4.74 Å².